The molecule has 1 unspecified atom stereocenters. The summed E-state index contributed by atoms with van der Waals surface area (Å²) in [7, 11) is 1.73. The van der Waals surface area contributed by atoms with Crippen molar-refractivity contribution in [3.63, 3.8) is 0 Å². The Labute approximate surface area is 207 Å². The molecule has 192 valence electrons. The lowest BCUT2D eigenvalue weighted by Gasteiger charge is -2.33. The maximum Gasteiger partial charge on any atom is 0.149 e. The third kappa shape index (κ3) is 7.32. The molecule has 4 rings (SSSR count). The van der Waals surface area contributed by atoms with Crippen LogP contribution >= 0.6 is 0 Å². The Morgan fingerprint density at radius 1 is 1.11 bits per heavy atom. The van der Waals surface area contributed by atoms with Crippen LogP contribution < -0.4 is 16.0 Å². The van der Waals surface area contributed by atoms with E-state index in [1.807, 2.05) is 6.07 Å². The second-order valence-electron chi connectivity index (χ2n) is 10.4. The van der Waals surface area contributed by atoms with Gasteiger partial charge in [-0.3, -0.25) is 0 Å². The van der Waals surface area contributed by atoms with E-state index < -0.39 is 0 Å². The standard InChI is InChI=1S/C26H39FN6O2/c1-18(16-34-3)31-20-4-6-21(7-5-20)32-24-13-22(23(27)15-28-24)19-12-25(33-30-14-19)29-17-26(2)8-10-35-11-9-26/h12-15,18,20-21,31H,4-11,16-17H2,1-3H3,(H,28,32)(H,29,33). The van der Waals surface area contributed by atoms with E-state index >= 15 is 0 Å². The van der Waals surface area contributed by atoms with Crippen LogP contribution in [0.3, 0.4) is 0 Å². The fraction of sp³-hybridized carbons (Fsp3) is 0.654. The number of anilines is 2. The van der Waals surface area contributed by atoms with Gasteiger partial charge in [0.15, 0.2) is 0 Å². The number of nitrogens with zero attached hydrogens (tertiary/aromatic N) is 3. The van der Waals surface area contributed by atoms with Gasteiger partial charge in [0.2, 0.25) is 0 Å². The zero-order valence-corrected chi connectivity index (χ0v) is 21.1. The zero-order chi connectivity index (χ0) is 24.7. The third-order valence-corrected chi connectivity index (χ3v) is 7.23. The van der Waals surface area contributed by atoms with Gasteiger partial charge in [-0.05, 0) is 63.0 Å². The van der Waals surface area contributed by atoms with Gasteiger partial charge >= 0.3 is 0 Å². The predicted molar refractivity (Wildman–Crippen MR) is 136 cm³/mol. The van der Waals surface area contributed by atoms with Crippen LogP contribution in [0.25, 0.3) is 11.1 Å². The average molecular weight is 487 g/mol. The molecule has 8 nitrogen and oxygen atoms in total. The van der Waals surface area contributed by atoms with Crippen molar-refractivity contribution < 1.29 is 13.9 Å². The Morgan fingerprint density at radius 2 is 1.86 bits per heavy atom. The molecule has 0 aromatic carbocycles. The van der Waals surface area contributed by atoms with Crippen LogP contribution in [0.2, 0.25) is 0 Å². The highest BCUT2D eigenvalue weighted by Crippen LogP contribution is 2.31. The van der Waals surface area contributed by atoms with Crippen LogP contribution in [0.15, 0.2) is 24.5 Å². The number of pyridine rings is 1. The molecule has 2 aromatic heterocycles. The van der Waals surface area contributed by atoms with Crippen LogP contribution in [0.1, 0.15) is 52.4 Å². The van der Waals surface area contributed by atoms with E-state index in [1.165, 1.54) is 6.20 Å². The minimum Gasteiger partial charge on any atom is -0.383 e. The lowest BCUT2D eigenvalue weighted by atomic mass is 9.82. The zero-order valence-electron chi connectivity index (χ0n) is 21.1. The number of aromatic nitrogens is 3. The van der Waals surface area contributed by atoms with E-state index in [9.17, 15) is 4.39 Å². The Morgan fingerprint density at radius 3 is 2.60 bits per heavy atom. The molecule has 1 aliphatic heterocycles. The normalized spacial score (nSPS) is 23.0. The third-order valence-electron chi connectivity index (χ3n) is 7.23. The highest BCUT2D eigenvalue weighted by molar-refractivity contribution is 5.68. The van der Waals surface area contributed by atoms with Crippen molar-refractivity contribution in [1.82, 2.24) is 20.5 Å². The molecule has 0 spiro atoms. The van der Waals surface area contributed by atoms with E-state index in [4.69, 9.17) is 9.47 Å². The maximum atomic E-state index is 14.7. The summed E-state index contributed by atoms with van der Waals surface area (Å²) in [4.78, 5) is 4.30. The van der Waals surface area contributed by atoms with Gasteiger partial charge in [0.1, 0.15) is 17.5 Å². The molecular weight excluding hydrogens is 447 g/mol. The average Bonchev–Trinajstić information content (AvgIpc) is 2.86. The molecule has 1 saturated carbocycles. The summed E-state index contributed by atoms with van der Waals surface area (Å²) in [6.07, 6.45) is 9.16. The lowest BCUT2D eigenvalue weighted by molar-refractivity contribution is 0.0299. The van der Waals surface area contributed by atoms with Gasteiger partial charge in [0, 0.05) is 56.1 Å². The van der Waals surface area contributed by atoms with Crippen molar-refractivity contribution in [2.45, 2.75) is 70.5 Å². The predicted octanol–water partition coefficient (Wildman–Crippen LogP) is 4.25. The van der Waals surface area contributed by atoms with Crippen molar-refractivity contribution in [2.75, 3.05) is 44.1 Å². The Kier molecular flexibility index (Phi) is 8.86. The van der Waals surface area contributed by atoms with Gasteiger partial charge in [0.25, 0.3) is 0 Å². The summed E-state index contributed by atoms with van der Waals surface area (Å²) < 4.78 is 25.5. The van der Waals surface area contributed by atoms with Crippen LogP contribution in [0.4, 0.5) is 16.0 Å². The number of hydrogen-bond acceptors (Lipinski definition) is 8. The van der Waals surface area contributed by atoms with Gasteiger partial charge in [-0.25, -0.2) is 9.37 Å². The van der Waals surface area contributed by atoms with Gasteiger partial charge < -0.3 is 25.4 Å². The molecule has 3 N–H and O–H groups in total. The van der Waals surface area contributed by atoms with E-state index in [2.05, 4.69) is 45.0 Å². The minimum atomic E-state index is -0.370. The number of nitrogens with one attached hydrogen (secondary N) is 3. The molecule has 0 radical (unpaired) electrons. The van der Waals surface area contributed by atoms with Crippen molar-refractivity contribution in [2.24, 2.45) is 5.41 Å². The van der Waals surface area contributed by atoms with E-state index in [1.54, 1.807) is 19.4 Å². The van der Waals surface area contributed by atoms with E-state index in [0.29, 0.717) is 40.9 Å². The molecule has 0 bridgehead atoms. The number of halogens is 1. The molecule has 2 aromatic rings. The SMILES string of the molecule is COCC(C)NC1CCC(Nc2cc(-c3cnnc(NCC4(C)CCOCC4)c3)c(F)cn2)CC1. The first kappa shape index (κ1) is 25.7. The first-order valence-corrected chi connectivity index (χ1v) is 12.8. The minimum absolute atomic E-state index is 0.158. The van der Waals surface area contributed by atoms with Gasteiger partial charge in [-0.15, -0.1) is 5.10 Å². The number of methoxy groups -OCH3 is 1. The van der Waals surface area contributed by atoms with E-state index in [0.717, 1.165) is 64.9 Å². The van der Waals surface area contributed by atoms with Gasteiger partial charge in [0.05, 0.1) is 19.0 Å². The molecule has 1 atom stereocenters. The summed E-state index contributed by atoms with van der Waals surface area (Å²) in [6.45, 7) is 7.47. The van der Waals surface area contributed by atoms with Crippen molar-refractivity contribution >= 4 is 11.6 Å². The van der Waals surface area contributed by atoms with Crippen LogP contribution in [-0.2, 0) is 9.47 Å². The van der Waals surface area contributed by atoms with Crippen LogP contribution in [0, 0.1) is 11.2 Å². The molecule has 3 heterocycles. The summed E-state index contributed by atoms with van der Waals surface area (Å²) >= 11 is 0. The van der Waals surface area contributed by atoms with Crippen molar-refractivity contribution in [3.8, 4) is 11.1 Å². The van der Waals surface area contributed by atoms with Crippen molar-refractivity contribution in [1.29, 1.82) is 0 Å². The largest absolute Gasteiger partial charge is 0.383 e. The smallest absolute Gasteiger partial charge is 0.149 e. The highest BCUT2D eigenvalue weighted by atomic mass is 19.1. The molecule has 2 fully saturated rings. The second kappa shape index (κ2) is 12.1. The highest BCUT2D eigenvalue weighted by Gasteiger charge is 2.27. The topological polar surface area (TPSA) is 93.2 Å². The fourth-order valence-electron chi connectivity index (χ4n) is 5.00. The molecule has 35 heavy (non-hydrogen) atoms. The summed E-state index contributed by atoms with van der Waals surface area (Å²) in [5, 5.41) is 18.9. The number of hydrogen-bond donors (Lipinski definition) is 3. The lowest BCUT2D eigenvalue weighted by Crippen LogP contribution is -2.42. The fourth-order valence-corrected chi connectivity index (χ4v) is 5.00. The number of ether oxygens (including phenoxy) is 2. The molecule has 2 aliphatic rings. The van der Waals surface area contributed by atoms with Gasteiger partial charge in [-0.2, -0.15) is 5.10 Å². The van der Waals surface area contributed by atoms with Crippen LogP contribution in [-0.4, -0.2) is 66.8 Å². The molecule has 9 heteroatoms. The Balaban J connectivity index is 1.36. The molecular formula is C26H39FN6O2. The Hall–Kier alpha value is -2.36. The summed E-state index contributed by atoms with van der Waals surface area (Å²) in [6, 6.07) is 4.82. The van der Waals surface area contributed by atoms with Gasteiger partial charge in [-0.1, -0.05) is 6.92 Å². The van der Waals surface area contributed by atoms with Crippen molar-refractivity contribution in [3.05, 3.63) is 30.3 Å². The number of rotatable bonds is 10. The molecule has 1 saturated heterocycles. The second-order valence-corrected chi connectivity index (χ2v) is 10.4. The maximum absolute atomic E-state index is 14.7. The van der Waals surface area contributed by atoms with E-state index in [-0.39, 0.29) is 11.2 Å². The quantitative estimate of drug-likeness (QED) is 0.459. The Bertz CT molecular complexity index is 947. The first-order valence-electron chi connectivity index (χ1n) is 12.8. The van der Waals surface area contributed by atoms with Crippen LogP contribution in [0.5, 0.6) is 0 Å². The first-order chi connectivity index (χ1) is 16.9. The molecule has 0 amide bonds. The summed E-state index contributed by atoms with van der Waals surface area (Å²) in [5.41, 5.74) is 1.31. The monoisotopic (exact) mass is 486 g/mol. The summed E-state index contributed by atoms with van der Waals surface area (Å²) in [5.74, 6) is 0.965. The molecule has 1 aliphatic carbocycles.